The highest BCUT2D eigenvalue weighted by molar-refractivity contribution is 7.98. The number of benzene rings is 2. The highest BCUT2D eigenvalue weighted by Gasteiger charge is 2.04. The largest absolute Gasteiger partial charge is 0.496 e. The molecule has 0 aliphatic rings. The van der Waals surface area contributed by atoms with Gasteiger partial charge in [0.15, 0.2) is 0 Å². The molecule has 0 bridgehead atoms. The van der Waals surface area contributed by atoms with Gasteiger partial charge in [0.25, 0.3) is 0 Å². The van der Waals surface area contributed by atoms with E-state index in [1.54, 1.807) is 18.9 Å². The van der Waals surface area contributed by atoms with E-state index in [-0.39, 0.29) is 0 Å². The lowest BCUT2D eigenvalue weighted by Crippen LogP contribution is -1.94. The summed E-state index contributed by atoms with van der Waals surface area (Å²) < 4.78 is 5.41. The molecule has 0 saturated heterocycles. The quantitative estimate of drug-likeness (QED) is 0.691. The number of rotatable bonds is 4. The zero-order chi connectivity index (χ0) is 14.2. The summed E-state index contributed by atoms with van der Waals surface area (Å²) in [5, 5.41) is 0. The van der Waals surface area contributed by atoms with E-state index in [1.165, 1.54) is 4.90 Å². The zero-order valence-electron chi connectivity index (χ0n) is 11.4. The van der Waals surface area contributed by atoms with Gasteiger partial charge in [0.05, 0.1) is 13.7 Å². The predicted octanol–water partition coefficient (Wildman–Crippen LogP) is 3.30. The summed E-state index contributed by atoms with van der Waals surface area (Å²) in [5.41, 5.74) is 7.52. The van der Waals surface area contributed by atoms with Crippen molar-refractivity contribution in [1.82, 2.24) is 0 Å². The minimum absolute atomic E-state index is 0.375. The van der Waals surface area contributed by atoms with E-state index in [0.29, 0.717) is 6.54 Å². The lowest BCUT2D eigenvalue weighted by Gasteiger charge is -2.09. The Labute approximate surface area is 124 Å². The highest BCUT2D eigenvalue weighted by Crippen LogP contribution is 2.28. The maximum Gasteiger partial charge on any atom is 0.122 e. The number of ether oxygens (including phenoxy) is 1. The average molecular weight is 283 g/mol. The molecular formula is C17H17NOS. The van der Waals surface area contributed by atoms with E-state index >= 15 is 0 Å². The van der Waals surface area contributed by atoms with Crippen LogP contribution in [-0.4, -0.2) is 13.7 Å². The summed E-state index contributed by atoms with van der Waals surface area (Å²) in [6, 6.07) is 16.3. The third-order valence-corrected chi connectivity index (χ3v) is 3.81. The fraction of sp³-hybridized carbons (Fsp3) is 0.176. The van der Waals surface area contributed by atoms with Crippen LogP contribution in [0, 0.1) is 11.8 Å². The molecule has 20 heavy (non-hydrogen) atoms. The normalized spacial score (nSPS) is 9.70. The number of hydrogen-bond donors (Lipinski definition) is 1. The van der Waals surface area contributed by atoms with Crippen molar-refractivity contribution >= 4 is 11.8 Å². The van der Waals surface area contributed by atoms with Gasteiger partial charge in [-0.05, 0) is 30.3 Å². The summed E-state index contributed by atoms with van der Waals surface area (Å²) in [4.78, 5) is 1.24. The molecule has 0 amide bonds. The first-order chi connectivity index (χ1) is 9.83. The average Bonchev–Trinajstić information content (AvgIpc) is 2.52. The maximum atomic E-state index is 5.41. The molecule has 0 spiro atoms. The Morgan fingerprint density at radius 3 is 2.65 bits per heavy atom. The van der Waals surface area contributed by atoms with Crippen molar-refractivity contribution < 1.29 is 4.74 Å². The van der Waals surface area contributed by atoms with Crippen molar-refractivity contribution in [3.63, 3.8) is 0 Å². The van der Waals surface area contributed by atoms with Crippen molar-refractivity contribution in [2.45, 2.75) is 10.6 Å². The van der Waals surface area contributed by atoms with Gasteiger partial charge < -0.3 is 10.5 Å². The van der Waals surface area contributed by atoms with Crippen LogP contribution in [0.3, 0.4) is 0 Å². The molecule has 0 fully saturated rings. The fourth-order valence-corrected chi connectivity index (χ4v) is 2.70. The van der Waals surface area contributed by atoms with Crippen LogP contribution in [0.1, 0.15) is 11.1 Å². The highest BCUT2D eigenvalue weighted by atomic mass is 32.2. The van der Waals surface area contributed by atoms with Gasteiger partial charge in [-0.2, -0.15) is 0 Å². The van der Waals surface area contributed by atoms with Crippen LogP contribution < -0.4 is 10.5 Å². The van der Waals surface area contributed by atoms with Crippen LogP contribution >= 0.6 is 11.8 Å². The summed E-state index contributed by atoms with van der Waals surface area (Å²) in [7, 11) is 1.69. The van der Waals surface area contributed by atoms with Crippen LogP contribution in [-0.2, 0) is 5.75 Å². The monoisotopic (exact) mass is 283 g/mol. The summed E-state index contributed by atoms with van der Waals surface area (Å²) >= 11 is 1.78. The smallest absolute Gasteiger partial charge is 0.122 e. The first-order valence-electron chi connectivity index (χ1n) is 6.37. The number of nitrogens with two attached hydrogens (primary N) is 1. The number of thioether (sulfide) groups is 1. The maximum absolute atomic E-state index is 5.41. The molecule has 0 radical (unpaired) electrons. The Hall–Kier alpha value is -1.89. The van der Waals surface area contributed by atoms with E-state index in [2.05, 4.69) is 30.0 Å². The number of hydrogen-bond acceptors (Lipinski definition) is 3. The summed E-state index contributed by atoms with van der Waals surface area (Å²) in [6.07, 6.45) is 0. The van der Waals surface area contributed by atoms with Crippen LogP contribution in [0.2, 0.25) is 0 Å². The Balaban J connectivity index is 2.16. The van der Waals surface area contributed by atoms with Gasteiger partial charge in [-0.1, -0.05) is 30.0 Å². The molecule has 0 saturated carbocycles. The van der Waals surface area contributed by atoms with Crippen LogP contribution in [0.25, 0.3) is 0 Å². The standard InChI is InChI=1S/C17H17NOS/c1-19-17-10-9-14(6-5-11-18)12-15(17)13-20-16-7-3-2-4-8-16/h2-4,7-10,12H,11,13,18H2,1H3. The van der Waals surface area contributed by atoms with Gasteiger partial charge in [0.1, 0.15) is 5.75 Å². The van der Waals surface area contributed by atoms with E-state index in [1.807, 2.05) is 30.3 Å². The fourth-order valence-electron chi connectivity index (χ4n) is 1.80. The molecule has 2 N–H and O–H groups in total. The molecular weight excluding hydrogens is 266 g/mol. The van der Waals surface area contributed by atoms with Crippen LogP contribution in [0.4, 0.5) is 0 Å². The van der Waals surface area contributed by atoms with E-state index in [0.717, 1.165) is 22.6 Å². The van der Waals surface area contributed by atoms with Crippen molar-refractivity contribution in [3.8, 4) is 17.6 Å². The molecule has 2 nitrogen and oxygen atoms in total. The molecule has 0 aliphatic heterocycles. The van der Waals surface area contributed by atoms with E-state index in [4.69, 9.17) is 10.5 Å². The van der Waals surface area contributed by atoms with Gasteiger partial charge >= 0.3 is 0 Å². The lowest BCUT2D eigenvalue weighted by molar-refractivity contribution is 0.411. The second-order valence-corrected chi connectivity index (χ2v) is 5.18. The van der Waals surface area contributed by atoms with E-state index < -0.39 is 0 Å². The first-order valence-corrected chi connectivity index (χ1v) is 7.35. The van der Waals surface area contributed by atoms with Gasteiger partial charge in [-0.25, -0.2) is 0 Å². The lowest BCUT2D eigenvalue weighted by atomic mass is 10.1. The van der Waals surface area contributed by atoms with Crippen molar-refractivity contribution in [3.05, 3.63) is 59.7 Å². The van der Waals surface area contributed by atoms with Gasteiger partial charge in [0.2, 0.25) is 0 Å². The van der Waals surface area contributed by atoms with Gasteiger partial charge in [-0.15, -0.1) is 11.8 Å². The Morgan fingerprint density at radius 1 is 1.15 bits per heavy atom. The zero-order valence-corrected chi connectivity index (χ0v) is 12.2. The molecule has 0 aliphatic carbocycles. The topological polar surface area (TPSA) is 35.2 Å². The Bertz CT molecular complexity index is 614. The van der Waals surface area contributed by atoms with Gasteiger partial charge in [0, 0.05) is 21.8 Å². The Kier molecular flexibility index (Phi) is 5.55. The number of methoxy groups -OCH3 is 1. The minimum Gasteiger partial charge on any atom is -0.496 e. The van der Waals surface area contributed by atoms with Crippen molar-refractivity contribution in [2.75, 3.05) is 13.7 Å². The van der Waals surface area contributed by atoms with Gasteiger partial charge in [-0.3, -0.25) is 0 Å². The SMILES string of the molecule is COc1ccc(C#CCN)cc1CSc1ccccc1. The third-order valence-electron chi connectivity index (χ3n) is 2.75. The minimum atomic E-state index is 0.375. The molecule has 2 rings (SSSR count). The Morgan fingerprint density at radius 2 is 1.95 bits per heavy atom. The molecule has 3 heteroatoms. The molecule has 102 valence electrons. The molecule has 0 unspecified atom stereocenters. The second-order valence-electron chi connectivity index (χ2n) is 4.13. The van der Waals surface area contributed by atoms with Crippen molar-refractivity contribution in [2.24, 2.45) is 5.73 Å². The molecule has 0 aromatic heterocycles. The third kappa shape index (κ3) is 4.06. The molecule has 2 aromatic carbocycles. The van der Waals surface area contributed by atoms with E-state index in [9.17, 15) is 0 Å². The molecule has 2 aromatic rings. The second kappa shape index (κ2) is 7.64. The van der Waals surface area contributed by atoms with Crippen LogP contribution in [0.15, 0.2) is 53.4 Å². The molecule has 0 heterocycles. The molecule has 0 atom stereocenters. The summed E-state index contributed by atoms with van der Waals surface area (Å²) in [5.74, 6) is 7.68. The van der Waals surface area contributed by atoms with Crippen molar-refractivity contribution in [1.29, 1.82) is 0 Å². The summed E-state index contributed by atoms with van der Waals surface area (Å²) in [6.45, 7) is 0.375. The predicted molar refractivity (Wildman–Crippen MR) is 84.9 cm³/mol. The van der Waals surface area contributed by atoms with Crippen LogP contribution in [0.5, 0.6) is 5.75 Å². The first kappa shape index (κ1) is 14.5.